The lowest BCUT2D eigenvalue weighted by atomic mass is 10.1. The van der Waals surface area contributed by atoms with E-state index in [-0.39, 0.29) is 31.1 Å². The predicted octanol–water partition coefficient (Wildman–Crippen LogP) is 14.4. The van der Waals surface area contributed by atoms with Crippen LogP contribution in [0.25, 0.3) is 0 Å². The first-order valence-electron chi connectivity index (χ1n) is 22.8. The highest BCUT2D eigenvalue weighted by molar-refractivity contribution is 5.71. The maximum Gasteiger partial charge on any atom is 0.306 e. The van der Waals surface area contributed by atoms with Crippen LogP contribution in [0.3, 0.4) is 0 Å². The van der Waals surface area contributed by atoms with Crippen molar-refractivity contribution < 1.29 is 28.6 Å². The fourth-order valence-corrected chi connectivity index (χ4v) is 6.42. The first-order chi connectivity index (χ1) is 26.0. The second kappa shape index (κ2) is 42.6. The third kappa shape index (κ3) is 40.9. The van der Waals surface area contributed by atoms with E-state index in [0.717, 1.165) is 83.5 Å². The second-order valence-corrected chi connectivity index (χ2v) is 15.3. The van der Waals surface area contributed by atoms with Crippen molar-refractivity contribution in [2.24, 2.45) is 0 Å². The van der Waals surface area contributed by atoms with E-state index in [1.54, 1.807) is 0 Å². The van der Waals surface area contributed by atoms with Gasteiger partial charge < -0.3 is 14.2 Å². The smallest absolute Gasteiger partial charge is 0.306 e. The SMILES string of the molecule is CCCC/C=C\CCCCCCC(=O)OC(COC(=O)CCCCCCC/C=C\CCCCCCCCC)COC(=O)CCCCCCCCCCC. The molecule has 0 rings (SSSR count). The van der Waals surface area contributed by atoms with E-state index in [0.29, 0.717) is 19.3 Å². The molecule has 0 aromatic carbocycles. The number of rotatable bonds is 41. The van der Waals surface area contributed by atoms with E-state index in [1.165, 1.54) is 116 Å². The van der Waals surface area contributed by atoms with Gasteiger partial charge in [0.15, 0.2) is 6.10 Å². The summed E-state index contributed by atoms with van der Waals surface area (Å²) in [5.74, 6) is -0.898. The highest BCUT2D eigenvalue weighted by Crippen LogP contribution is 2.14. The van der Waals surface area contributed by atoms with Crippen LogP contribution in [0, 0.1) is 0 Å². The topological polar surface area (TPSA) is 78.9 Å². The summed E-state index contributed by atoms with van der Waals surface area (Å²) in [7, 11) is 0. The van der Waals surface area contributed by atoms with Crippen LogP contribution >= 0.6 is 0 Å². The summed E-state index contributed by atoms with van der Waals surface area (Å²) in [6.07, 6.45) is 45.9. The molecule has 53 heavy (non-hydrogen) atoms. The Bertz CT molecular complexity index is 865. The average Bonchev–Trinajstić information content (AvgIpc) is 3.15. The zero-order chi connectivity index (χ0) is 38.7. The van der Waals surface area contributed by atoms with Crippen LogP contribution < -0.4 is 0 Å². The lowest BCUT2D eigenvalue weighted by Gasteiger charge is -2.18. The molecule has 0 aliphatic heterocycles. The minimum atomic E-state index is -0.773. The van der Waals surface area contributed by atoms with Crippen molar-refractivity contribution in [1.29, 1.82) is 0 Å². The van der Waals surface area contributed by atoms with Gasteiger partial charge in [-0.1, -0.05) is 180 Å². The lowest BCUT2D eigenvalue weighted by Crippen LogP contribution is -2.30. The molecule has 0 aliphatic rings. The van der Waals surface area contributed by atoms with Crippen LogP contribution in [-0.4, -0.2) is 37.2 Å². The maximum atomic E-state index is 12.7. The van der Waals surface area contributed by atoms with Crippen molar-refractivity contribution in [1.82, 2.24) is 0 Å². The molecule has 1 atom stereocenters. The molecule has 0 aromatic rings. The molecule has 310 valence electrons. The van der Waals surface area contributed by atoms with Gasteiger partial charge in [-0.15, -0.1) is 0 Å². The third-order valence-corrected chi connectivity index (χ3v) is 9.93. The Morgan fingerprint density at radius 3 is 1.00 bits per heavy atom. The van der Waals surface area contributed by atoms with Crippen molar-refractivity contribution in [3.8, 4) is 0 Å². The molecule has 0 heterocycles. The molecule has 0 N–H and O–H groups in total. The molecule has 0 amide bonds. The van der Waals surface area contributed by atoms with Crippen molar-refractivity contribution in [2.75, 3.05) is 13.2 Å². The summed E-state index contributed by atoms with van der Waals surface area (Å²) >= 11 is 0. The van der Waals surface area contributed by atoms with E-state index >= 15 is 0 Å². The number of carbonyl (C=O) groups is 3. The van der Waals surface area contributed by atoms with Crippen molar-refractivity contribution in [2.45, 2.75) is 245 Å². The molecule has 0 fully saturated rings. The highest BCUT2D eigenvalue weighted by atomic mass is 16.6. The summed E-state index contributed by atoms with van der Waals surface area (Å²) in [6, 6.07) is 0. The number of hydrogen-bond donors (Lipinski definition) is 0. The van der Waals surface area contributed by atoms with Gasteiger partial charge in [0.05, 0.1) is 0 Å². The normalized spacial score (nSPS) is 12.1. The van der Waals surface area contributed by atoms with Gasteiger partial charge in [-0.2, -0.15) is 0 Å². The van der Waals surface area contributed by atoms with Gasteiger partial charge in [0.2, 0.25) is 0 Å². The Morgan fingerprint density at radius 2 is 0.642 bits per heavy atom. The molecule has 0 spiro atoms. The number of esters is 3. The number of ether oxygens (including phenoxy) is 3. The number of unbranched alkanes of at least 4 members (excludes halogenated alkanes) is 26. The molecule has 6 nitrogen and oxygen atoms in total. The average molecular weight is 747 g/mol. The van der Waals surface area contributed by atoms with Crippen molar-refractivity contribution in [3.05, 3.63) is 24.3 Å². The van der Waals surface area contributed by atoms with Gasteiger partial charge in [-0.25, -0.2) is 0 Å². The summed E-state index contributed by atoms with van der Waals surface area (Å²) in [5, 5.41) is 0. The summed E-state index contributed by atoms with van der Waals surface area (Å²) in [6.45, 7) is 6.55. The Hall–Kier alpha value is -2.11. The fourth-order valence-electron chi connectivity index (χ4n) is 6.42. The number of allylic oxidation sites excluding steroid dienone is 4. The van der Waals surface area contributed by atoms with Gasteiger partial charge in [0.1, 0.15) is 13.2 Å². The zero-order valence-electron chi connectivity index (χ0n) is 35.3. The van der Waals surface area contributed by atoms with E-state index < -0.39 is 6.10 Å². The molecule has 0 aromatic heterocycles. The van der Waals surface area contributed by atoms with Crippen LogP contribution in [0.2, 0.25) is 0 Å². The molecule has 0 saturated carbocycles. The molecular weight excluding hydrogens is 661 g/mol. The zero-order valence-corrected chi connectivity index (χ0v) is 35.3. The number of carbonyl (C=O) groups excluding carboxylic acids is 3. The summed E-state index contributed by atoms with van der Waals surface area (Å²) < 4.78 is 16.7. The van der Waals surface area contributed by atoms with Gasteiger partial charge in [0.25, 0.3) is 0 Å². The minimum absolute atomic E-state index is 0.0762. The molecule has 0 aliphatic carbocycles. The standard InChI is InChI=1S/C47H86O6/c1-4-7-10-13-16-19-21-22-23-24-25-26-29-31-34-37-40-46(49)52-43-44(42-51-45(48)39-36-33-30-27-18-15-12-9-6-3)53-47(50)41-38-35-32-28-20-17-14-11-8-5-2/h14,17,23-24,44H,4-13,15-16,18-22,25-43H2,1-3H3/b17-14-,24-23-. The number of hydrogen-bond acceptors (Lipinski definition) is 6. The van der Waals surface area contributed by atoms with E-state index in [2.05, 4.69) is 45.1 Å². The third-order valence-electron chi connectivity index (χ3n) is 9.93. The van der Waals surface area contributed by atoms with Crippen LogP contribution in [-0.2, 0) is 28.6 Å². The van der Waals surface area contributed by atoms with Crippen LogP contribution in [0.5, 0.6) is 0 Å². The minimum Gasteiger partial charge on any atom is -0.462 e. The largest absolute Gasteiger partial charge is 0.462 e. The van der Waals surface area contributed by atoms with E-state index in [4.69, 9.17) is 14.2 Å². The Morgan fingerprint density at radius 1 is 0.358 bits per heavy atom. The van der Waals surface area contributed by atoms with E-state index in [9.17, 15) is 14.4 Å². The van der Waals surface area contributed by atoms with Gasteiger partial charge in [0, 0.05) is 19.3 Å². The first kappa shape index (κ1) is 50.9. The molecule has 0 radical (unpaired) electrons. The van der Waals surface area contributed by atoms with E-state index in [1.807, 2.05) is 0 Å². The Labute approximate surface area is 328 Å². The van der Waals surface area contributed by atoms with Gasteiger partial charge in [-0.3, -0.25) is 14.4 Å². The summed E-state index contributed by atoms with van der Waals surface area (Å²) in [4.78, 5) is 37.6. The molecular formula is C47H86O6. The fraction of sp³-hybridized carbons (Fsp3) is 0.851. The highest BCUT2D eigenvalue weighted by Gasteiger charge is 2.19. The second-order valence-electron chi connectivity index (χ2n) is 15.3. The predicted molar refractivity (Wildman–Crippen MR) is 224 cm³/mol. The van der Waals surface area contributed by atoms with Crippen molar-refractivity contribution >= 4 is 17.9 Å². The van der Waals surface area contributed by atoms with Crippen LogP contribution in [0.4, 0.5) is 0 Å². The Kier molecular flexibility index (Phi) is 40.9. The molecule has 6 heteroatoms. The van der Waals surface area contributed by atoms with Crippen LogP contribution in [0.1, 0.15) is 239 Å². The van der Waals surface area contributed by atoms with Crippen LogP contribution in [0.15, 0.2) is 24.3 Å². The molecule has 0 saturated heterocycles. The maximum absolute atomic E-state index is 12.7. The van der Waals surface area contributed by atoms with Gasteiger partial charge >= 0.3 is 17.9 Å². The molecule has 0 bridgehead atoms. The quantitative estimate of drug-likeness (QED) is 0.0268. The van der Waals surface area contributed by atoms with Crippen molar-refractivity contribution in [3.63, 3.8) is 0 Å². The van der Waals surface area contributed by atoms with Gasteiger partial charge in [-0.05, 0) is 64.2 Å². The monoisotopic (exact) mass is 747 g/mol. The Balaban J connectivity index is 4.32. The molecule has 1 unspecified atom stereocenters. The summed E-state index contributed by atoms with van der Waals surface area (Å²) in [5.41, 5.74) is 0. The first-order valence-corrected chi connectivity index (χ1v) is 22.8. The lowest BCUT2D eigenvalue weighted by molar-refractivity contribution is -0.167.